The Morgan fingerprint density at radius 1 is 1.35 bits per heavy atom. The van der Waals surface area contributed by atoms with Gasteiger partial charge in [0.15, 0.2) is 5.96 Å². The first-order valence-electron chi connectivity index (χ1n) is 6.95. The zero-order chi connectivity index (χ0) is 16.1. The van der Waals surface area contributed by atoms with Crippen LogP contribution in [0.2, 0.25) is 0 Å². The molecule has 1 atom stereocenters. The van der Waals surface area contributed by atoms with Gasteiger partial charge in [-0.15, -0.1) is 24.0 Å². The first-order valence-corrected chi connectivity index (χ1v) is 6.95. The first kappa shape index (κ1) is 19.8. The monoisotopic (exact) mass is 446 g/mol. The number of hydrogen-bond donors (Lipinski definition) is 2. The van der Waals surface area contributed by atoms with Crippen LogP contribution in [0.1, 0.15) is 6.42 Å². The van der Waals surface area contributed by atoms with E-state index in [1.807, 2.05) is 0 Å². The van der Waals surface area contributed by atoms with Crippen molar-refractivity contribution in [3.05, 3.63) is 29.8 Å². The summed E-state index contributed by atoms with van der Waals surface area (Å²) in [5.41, 5.74) is -0.0534. The minimum Gasteiger partial charge on any atom is -0.365 e. The van der Waals surface area contributed by atoms with Gasteiger partial charge in [0, 0.05) is 26.2 Å². The van der Waals surface area contributed by atoms with Crippen LogP contribution < -0.4 is 15.5 Å². The quantitative estimate of drug-likeness (QED) is 0.324. The predicted molar refractivity (Wildman–Crippen MR) is 92.9 cm³/mol. The number of anilines is 1. The summed E-state index contributed by atoms with van der Waals surface area (Å²) in [4.78, 5) is 5.45. The molecule has 1 aliphatic heterocycles. The normalized spacial score (nSPS) is 18.1. The molecule has 9 heteroatoms. The SMILES string of the molecule is CN=C(NCC(F)F)NC1CCN(c2c(F)cccc2F)C1.I. The van der Waals surface area contributed by atoms with Gasteiger partial charge >= 0.3 is 0 Å². The zero-order valence-corrected chi connectivity index (χ0v) is 14.9. The lowest BCUT2D eigenvalue weighted by molar-refractivity contribution is 0.152. The second kappa shape index (κ2) is 9.14. The van der Waals surface area contributed by atoms with Crippen molar-refractivity contribution in [2.75, 3.05) is 31.6 Å². The Hall–Kier alpha value is -1.26. The number of benzene rings is 1. The number of guanidine groups is 1. The predicted octanol–water partition coefficient (Wildman–Crippen LogP) is 2.59. The Labute approximate surface area is 149 Å². The fourth-order valence-electron chi connectivity index (χ4n) is 2.43. The summed E-state index contributed by atoms with van der Waals surface area (Å²) < 4.78 is 51.9. The van der Waals surface area contributed by atoms with Gasteiger partial charge in [0.25, 0.3) is 6.43 Å². The Morgan fingerprint density at radius 2 is 2.00 bits per heavy atom. The summed E-state index contributed by atoms with van der Waals surface area (Å²) in [6.07, 6.45) is -1.85. The molecule has 130 valence electrons. The average molecular weight is 446 g/mol. The van der Waals surface area contributed by atoms with Crippen molar-refractivity contribution in [1.82, 2.24) is 10.6 Å². The van der Waals surface area contributed by atoms with E-state index in [1.165, 1.54) is 25.2 Å². The molecule has 0 spiro atoms. The van der Waals surface area contributed by atoms with Crippen molar-refractivity contribution in [1.29, 1.82) is 0 Å². The van der Waals surface area contributed by atoms with E-state index in [0.29, 0.717) is 19.5 Å². The molecule has 0 saturated carbocycles. The molecule has 1 aromatic carbocycles. The molecule has 0 radical (unpaired) electrons. The molecule has 1 saturated heterocycles. The third kappa shape index (κ3) is 5.40. The van der Waals surface area contributed by atoms with Gasteiger partial charge in [0.1, 0.15) is 17.3 Å². The molecule has 0 aromatic heterocycles. The van der Waals surface area contributed by atoms with Crippen LogP contribution in [0.3, 0.4) is 0 Å². The van der Waals surface area contributed by atoms with Crippen molar-refractivity contribution >= 4 is 35.6 Å². The minimum absolute atomic E-state index is 0. The Balaban J connectivity index is 0.00000264. The van der Waals surface area contributed by atoms with Crippen LogP contribution in [0.25, 0.3) is 0 Å². The van der Waals surface area contributed by atoms with Crippen LogP contribution in [0.15, 0.2) is 23.2 Å². The molecule has 4 nitrogen and oxygen atoms in total. The lowest BCUT2D eigenvalue weighted by atomic mass is 10.2. The minimum atomic E-state index is -2.48. The smallest absolute Gasteiger partial charge is 0.255 e. The Bertz CT molecular complexity index is 521. The summed E-state index contributed by atoms with van der Waals surface area (Å²) in [6, 6.07) is 3.61. The van der Waals surface area contributed by atoms with Gasteiger partial charge in [-0.2, -0.15) is 0 Å². The number of para-hydroxylation sites is 1. The third-order valence-corrected chi connectivity index (χ3v) is 3.43. The number of nitrogens with zero attached hydrogens (tertiary/aromatic N) is 2. The highest BCUT2D eigenvalue weighted by molar-refractivity contribution is 14.0. The first-order chi connectivity index (χ1) is 10.5. The highest BCUT2D eigenvalue weighted by Gasteiger charge is 2.27. The van der Waals surface area contributed by atoms with Gasteiger partial charge < -0.3 is 15.5 Å². The van der Waals surface area contributed by atoms with Crippen molar-refractivity contribution in [2.45, 2.75) is 18.9 Å². The molecule has 1 unspecified atom stereocenters. The van der Waals surface area contributed by atoms with Crippen LogP contribution in [0.5, 0.6) is 0 Å². The number of halogens is 5. The van der Waals surface area contributed by atoms with Gasteiger partial charge in [-0.05, 0) is 18.6 Å². The van der Waals surface area contributed by atoms with Crippen LogP contribution in [-0.4, -0.2) is 45.1 Å². The maximum absolute atomic E-state index is 13.7. The van der Waals surface area contributed by atoms with Gasteiger partial charge in [-0.3, -0.25) is 4.99 Å². The Kier molecular flexibility index (Phi) is 7.86. The van der Waals surface area contributed by atoms with Crippen LogP contribution in [0, 0.1) is 11.6 Å². The zero-order valence-electron chi connectivity index (χ0n) is 12.5. The summed E-state index contributed by atoms with van der Waals surface area (Å²) in [5.74, 6) is -0.970. The number of rotatable bonds is 4. The van der Waals surface area contributed by atoms with Crippen LogP contribution >= 0.6 is 24.0 Å². The van der Waals surface area contributed by atoms with E-state index < -0.39 is 24.6 Å². The number of nitrogens with one attached hydrogen (secondary N) is 2. The lowest BCUT2D eigenvalue weighted by Gasteiger charge is -2.21. The molecular formula is C14H19F4IN4. The maximum atomic E-state index is 13.7. The second-order valence-corrected chi connectivity index (χ2v) is 4.99. The highest BCUT2D eigenvalue weighted by Crippen LogP contribution is 2.26. The molecule has 2 rings (SSSR count). The van der Waals surface area contributed by atoms with E-state index in [1.54, 1.807) is 4.90 Å². The van der Waals surface area contributed by atoms with Crippen molar-refractivity contribution in [2.24, 2.45) is 4.99 Å². The van der Waals surface area contributed by atoms with Crippen molar-refractivity contribution in [3.63, 3.8) is 0 Å². The van der Waals surface area contributed by atoms with Crippen molar-refractivity contribution < 1.29 is 17.6 Å². The fourth-order valence-corrected chi connectivity index (χ4v) is 2.43. The number of alkyl halides is 2. The molecule has 1 aliphatic rings. The van der Waals surface area contributed by atoms with E-state index in [4.69, 9.17) is 0 Å². The molecule has 1 fully saturated rings. The fraction of sp³-hybridized carbons (Fsp3) is 0.500. The summed E-state index contributed by atoms with van der Waals surface area (Å²) >= 11 is 0. The van der Waals surface area contributed by atoms with E-state index in [-0.39, 0.29) is 41.7 Å². The largest absolute Gasteiger partial charge is 0.365 e. The maximum Gasteiger partial charge on any atom is 0.255 e. The molecule has 1 heterocycles. The van der Waals surface area contributed by atoms with Gasteiger partial charge in [-0.1, -0.05) is 6.07 Å². The average Bonchev–Trinajstić information content (AvgIpc) is 2.91. The van der Waals surface area contributed by atoms with E-state index in [0.717, 1.165) is 0 Å². The molecular weight excluding hydrogens is 427 g/mol. The highest BCUT2D eigenvalue weighted by atomic mass is 127. The number of aliphatic imine (C=N–C) groups is 1. The van der Waals surface area contributed by atoms with E-state index >= 15 is 0 Å². The molecule has 2 N–H and O–H groups in total. The van der Waals surface area contributed by atoms with E-state index in [9.17, 15) is 17.6 Å². The van der Waals surface area contributed by atoms with Gasteiger partial charge in [0.2, 0.25) is 0 Å². The summed E-state index contributed by atoms with van der Waals surface area (Å²) in [5, 5.41) is 5.47. The number of hydrogen-bond acceptors (Lipinski definition) is 2. The lowest BCUT2D eigenvalue weighted by Crippen LogP contribution is -2.45. The third-order valence-electron chi connectivity index (χ3n) is 3.43. The van der Waals surface area contributed by atoms with E-state index in [2.05, 4.69) is 15.6 Å². The topological polar surface area (TPSA) is 39.7 Å². The second-order valence-electron chi connectivity index (χ2n) is 4.99. The summed E-state index contributed by atoms with van der Waals surface area (Å²) in [6.45, 7) is 0.340. The molecule has 0 bridgehead atoms. The molecule has 0 aliphatic carbocycles. The van der Waals surface area contributed by atoms with Crippen LogP contribution in [0.4, 0.5) is 23.2 Å². The van der Waals surface area contributed by atoms with Gasteiger partial charge in [0.05, 0.1) is 6.54 Å². The summed E-state index contributed by atoms with van der Waals surface area (Å²) in [7, 11) is 1.48. The Morgan fingerprint density at radius 3 is 2.57 bits per heavy atom. The van der Waals surface area contributed by atoms with Crippen LogP contribution in [-0.2, 0) is 0 Å². The molecule has 1 aromatic rings. The molecule has 23 heavy (non-hydrogen) atoms. The molecule has 0 amide bonds. The standard InChI is InChI=1S/C14H18F4N4.HI/c1-19-14(20-7-12(17)18)21-9-5-6-22(8-9)13-10(15)3-2-4-11(13)16;/h2-4,9,12H,5-8H2,1H3,(H2,19,20,21);1H. The van der Waals surface area contributed by atoms with Crippen molar-refractivity contribution in [3.8, 4) is 0 Å². The van der Waals surface area contributed by atoms with Gasteiger partial charge in [-0.25, -0.2) is 17.6 Å².